The van der Waals surface area contributed by atoms with E-state index in [9.17, 15) is 5.11 Å². The van der Waals surface area contributed by atoms with E-state index in [1.807, 2.05) is 24.3 Å². The molecule has 118 valence electrons. The van der Waals surface area contributed by atoms with Crippen LogP contribution in [0.25, 0.3) is 0 Å². The van der Waals surface area contributed by atoms with E-state index in [1.165, 1.54) is 12.8 Å². The maximum atomic E-state index is 10.5. The quantitative estimate of drug-likeness (QED) is 0.807. The Morgan fingerprint density at radius 3 is 3.00 bits per heavy atom. The van der Waals surface area contributed by atoms with Gasteiger partial charge in [-0.15, -0.1) is 0 Å². The number of piperidine rings is 1. The molecule has 1 aliphatic rings. The van der Waals surface area contributed by atoms with Crippen LogP contribution in [0, 0.1) is 5.92 Å². The van der Waals surface area contributed by atoms with Crippen molar-refractivity contribution in [1.29, 1.82) is 0 Å². The highest BCUT2D eigenvalue weighted by molar-refractivity contribution is 5.29. The number of methoxy groups -OCH3 is 1. The van der Waals surface area contributed by atoms with Crippen molar-refractivity contribution in [2.75, 3.05) is 39.8 Å². The fourth-order valence-corrected chi connectivity index (χ4v) is 2.98. The molecule has 4 heteroatoms. The largest absolute Gasteiger partial charge is 0.497 e. The fourth-order valence-electron chi connectivity index (χ4n) is 2.98. The molecule has 0 amide bonds. The molecule has 0 radical (unpaired) electrons. The van der Waals surface area contributed by atoms with Gasteiger partial charge in [-0.3, -0.25) is 0 Å². The van der Waals surface area contributed by atoms with Gasteiger partial charge in [-0.25, -0.2) is 0 Å². The van der Waals surface area contributed by atoms with E-state index >= 15 is 0 Å². The summed E-state index contributed by atoms with van der Waals surface area (Å²) in [5.74, 6) is 1.50. The number of hydrogen-bond acceptors (Lipinski definition) is 4. The number of nitrogens with zero attached hydrogens (tertiary/aromatic N) is 1. The molecule has 1 saturated heterocycles. The minimum Gasteiger partial charge on any atom is -0.497 e. The molecular formula is C17H28N2O2. The number of aliphatic hydroxyl groups is 1. The van der Waals surface area contributed by atoms with Gasteiger partial charge in [0, 0.05) is 13.1 Å². The normalized spacial score (nSPS) is 20.5. The van der Waals surface area contributed by atoms with Gasteiger partial charge in [0.25, 0.3) is 0 Å². The van der Waals surface area contributed by atoms with Gasteiger partial charge in [-0.1, -0.05) is 19.1 Å². The first kappa shape index (κ1) is 16.3. The molecule has 1 aromatic rings. The Labute approximate surface area is 128 Å². The minimum absolute atomic E-state index is 0.461. The van der Waals surface area contributed by atoms with Gasteiger partial charge in [0.1, 0.15) is 5.75 Å². The lowest BCUT2D eigenvalue weighted by Gasteiger charge is -2.30. The molecule has 0 saturated carbocycles. The molecule has 0 spiro atoms. The molecule has 0 bridgehead atoms. The van der Waals surface area contributed by atoms with Gasteiger partial charge in [-0.2, -0.15) is 0 Å². The standard InChI is InChI=1S/C17H28N2O2/c1-3-19(12-14-6-5-9-18-11-14)13-17(20)15-7-4-8-16(10-15)21-2/h4,7-8,10,14,17-18,20H,3,5-6,9,11-13H2,1-2H3. The third kappa shape index (κ3) is 4.99. The Kier molecular flexibility index (Phi) is 6.49. The third-order valence-electron chi connectivity index (χ3n) is 4.27. The molecule has 1 heterocycles. The van der Waals surface area contributed by atoms with Crippen LogP contribution in [0.4, 0.5) is 0 Å². The fraction of sp³-hybridized carbons (Fsp3) is 0.647. The number of likely N-dealkylation sites (N-methyl/N-ethyl adjacent to an activating group) is 1. The Balaban J connectivity index is 1.90. The van der Waals surface area contributed by atoms with Crippen LogP contribution in [0.5, 0.6) is 5.75 Å². The molecule has 0 aromatic heterocycles. The van der Waals surface area contributed by atoms with Crippen molar-refractivity contribution >= 4 is 0 Å². The van der Waals surface area contributed by atoms with Crippen LogP contribution in [-0.4, -0.2) is 49.8 Å². The highest BCUT2D eigenvalue weighted by Crippen LogP contribution is 2.21. The van der Waals surface area contributed by atoms with Crippen LogP contribution in [0.15, 0.2) is 24.3 Å². The lowest BCUT2D eigenvalue weighted by molar-refractivity contribution is 0.102. The summed E-state index contributed by atoms with van der Waals surface area (Å²) in [4.78, 5) is 2.35. The SMILES string of the molecule is CCN(CC1CCCNC1)CC(O)c1cccc(OC)c1. The first-order chi connectivity index (χ1) is 10.2. The second kappa shape index (κ2) is 8.37. The Morgan fingerprint density at radius 1 is 1.48 bits per heavy atom. The first-order valence-electron chi connectivity index (χ1n) is 7.98. The zero-order chi connectivity index (χ0) is 15.1. The summed E-state index contributed by atoms with van der Waals surface area (Å²) in [5, 5.41) is 13.9. The summed E-state index contributed by atoms with van der Waals surface area (Å²) in [6.07, 6.45) is 2.09. The topological polar surface area (TPSA) is 44.7 Å². The minimum atomic E-state index is -0.461. The molecular weight excluding hydrogens is 264 g/mol. The van der Waals surface area contributed by atoms with Crippen molar-refractivity contribution in [3.05, 3.63) is 29.8 Å². The first-order valence-corrected chi connectivity index (χ1v) is 7.98. The third-order valence-corrected chi connectivity index (χ3v) is 4.27. The lowest BCUT2D eigenvalue weighted by atomic mass is 9.98. The molecule has 2 N–H and O–H groups in total. The number of hydrogen-bond donors (Lipinski definition) is 2. The van der Waals surface area contributed by atoms with Crippen molar-refractivity contribution in [1.82, 2.24) is 10.2 Å². The van der Waals surface area contributed by atoms with Crippen LogP contribution in [0.3, 0.4) is 0 Å². The zero-order valence-corrected chi connectivity index (χ0v) is 13.2. The lowest BCUT2D eigenvalue weighted by Crippen LogP contribution is -2.39. The summed E-state index contributed by atoms with van der Waals surface area (Å²) < 4.78 is 5.22. The summed E-state index contributed by atoms with van der Waals surface area (Å²) in [5.41, 5.74) is 0.926. The predicted molar refractivity (Wildman–Crippen MR) is 85.7 cm³/mol. The molecule has 21 heavy (non-hydrogen) atoms. The summed E-state index contributed by atoms with van der Waals surface area (Å²) >= 11 is 0. The molecule has 0 aliphatic carbocycles. The molecule has 1 aromatic carbocycles. The van der Waals surface area contributed by atoms with Gasteiger partial charge in [-0.05, 0) is 56.1 Å². The van der Waals surface area contributed by atoms with Crippen molar-refractivity contribution in [3.63, 3.8) is 0 Å². The van der Waals surface area contributed by atoms with Gasteiger partial charge < -0.3 is 20.1 Å². The van der Waals surface area contributed by atoms with Crippen LogP contribution < -0.4 is 10.1 Å². The van der Waals surface area contributed by atoms with Crippen molar-refractivity contribution in [2.24, 2.45) is 5.92 Å². The number of rotatable bonds is 7. The Morgan fingerprint density at radius 2 is 2.33 bits per heavy atom. The molecule has 4 nitrogen and oxygen atoms in total. The molecule has 2 rings (SSSR count). The molecule has 1 fully saturated rings. The van der Waals surface area contributed by atoms with Crippen LogP contribution in [0.2, 0.25) is 0 Å². The van der Waals surface area contributed by atoms with Crippen LogP contribution in [-0.2, 0) is 0 Å². The average Bonchev–Trinajstić information content (AvgIpc) is 2.55. The number of benzene rings is 1. The molecule has 2 atom stereocenters. The van der Waals surface area contributed by atoms with Crippen LogP contribution in [0.1, 0.15) is 31.4 Å². The highest BCUT2D eigenvalue weighted by atomic mass is 16.5. The summed E-state index contributed by atoms with van der Waals surface area (Å²) in [7, 11) is 1.65. The van der Waals surface area contributed by atoms with Gasteiger partial charge in [0.15, 0.2) is 0 Å². The smallest absolute Gasteiger partial charge is 0.119 e. The zero-order valence-electron chi connectivity index (χ0n) is 13.2. The van der Waals surface area contributed by atoms with Crippen molar-refractivity contribution < 1.29 is 9.84 Å². The predicted octanol–water partition coefficient (Wildman–Crippen LogP) is 2.05. The number of ether oxygens (including phenoxy) is 1. The number of nitrogens with one attached hydrogen (secondary N) is 1. The monoisotopic (exact) mass is 292 g/mol. The van der Waals surface area contributed by atoms with E-state index in [2.05, 4.69) is 17.1 Å². The summed E-state index contributed by atoms with van der Waals surface area (Å²) in [6.45, 7) is 7.12. The Bertz CT molecular complexity index is 419. The van der Waals surface area contributed by atoms with Gasteiger partial charge in [0.05, 0.1) is 13.2 Å². The van der Waals surface area contributed by atoms with Gasteiger partial charge in [0.2, 0.25) is 0 Å². The maximum absolute atomic E-state index is 10.5. The van der Waals surface area contributed by atoms with Gasteiger partial charge >= 0.3 is 0 Å². The van der Waals surface area contributed by atoms with E-state index in [0.717, 1.165) is 37.5 Å². The number of aliphatic hydroxyl groups excluding tert-OH is 1. The van der Waals surface area contributed by atoms with E-state index in [0.29, 0.717) is 12.5 Å². The Hall–Kier alpha value is -1.10. The van der Waals surface area contributed by atoms with E-state index in [4.69, 9.17) is 4.74 Å². The molecule has 2 unspecified atom stereocenters. The second-order valence-electron chi connectivity index (χ2n) is 5.86. The van der Waals surface area contributed by atoms with E-state index < -0.39 is 6.10 Å². The summed E-state index contributed by atoms with van der Waals surface area (Å²) in [6, 6.07) is 7.71. The van der Waals surface area contributed by atoms with E-state index in [1.54, 1.807) is 7.11 Å². The second-order valence-corrected chi connectivity index (χ2v) is 5.86. The van der Waals surface area contributed by atoms with Crippen LogP contribution >= 0.6 is 0 Å². The van der Waals surface area contributed by atoms with Crippen molar-refractivity contribution in [2.45, 2.75) is 25.9 Å². The average molecular weight is 292 g/mol. The highest BCUT2D eigenvalue weighted by Gasteiger charge is 2.19. The molecule has 1 aliphatic heterocycles. The van der Waals surface area contributed by atoms with Crippen molar-refractivity contribution in [3.8, 4) is 5.75 Å². The maximum Gasteiger partial charge on any atom is 0.119 e. The van der Waals surface area contributed by atoms with E-state index in [-0.39, 0.29) is 0 Å².